The molecule has 0 saturated heterocycles. The largest absolute Gasteiger partial charge is 0.306 e. The average molecular weight is 275 g/mol. The van der Waals surface area contributed by atoms with Crippen LogP contribution >= 0.6 is 0 Å². The summed E-state index contributed by atoms with van der Waals surface area (Å²) in [6.45, 7) is 4.63. The molecule has 0 aliphatic carbocycles. The van der Waals surface area contributed by atoms with Crippen molar-refractivity contribution >= 4 is 0 Å². The minimum atomic E-state index is -0.260. The molecule has 1 N–H and O–H groups in total. The van der Waals surface area contributed by atoms with Gasteiger partial charge in [-0.3, -0.25) is 0 Å². The highest BCUT2D eigenvalue weighted by Gasteiger charge is 2.14. The zero-order chi connectivity index (χ0) is 14.5. The minimum absolute atomic E-state index is 0.120. The van der Waals surface area contributed by atoms with E-state index < -0.39 is 0 Å². The molecule has 20 heavy (non-hydrogen) atoms. The van der Waals surface area contributed by atoms with E-state index in [1.165, 1.54) is 18.2 Å². The topological polar surface area (TPSA) is 12.0 Å². The fourth-order valence-corrected chi connectivity index (χ4v) is 2.25. The second kappa shape index (κ2) is 6.62. The van der Waals surface area contributed by atoms with Gasteiger partial charge in [-0.05, 0) is 54.8 Å². The molecule has 0 amide bonds. The van der Waals surface area contributed by atoms with E-state index >= 15 is 0 Å². The maximum Gasteiger partial charge on any atom is 0.126 e. The van der Waals surface area contributed by atoms with Gasteiger partial charge in [0.05, 0.1) is 6.04 Å². The van der Waals surface area contributed by atoms with Gasteiger partial charge in [0.2, 0.25) is 0 Å². The third-order valence-electron chi connectivity index (χ3n) is 3.30. The summed E-state index contributed by atoms with van der Waals surface area (Å²) in [5.74, 6) is -0.480. The van der Waals surface area contributed by atoms with Crippen molar-refractivity contribution in [1.82, 2.24) is 5.32 Å². The van der Waals surface area contributed by atoms with Crippen LogP contribution in [0.15, 0.2) is 42.5 Å². The van der Waals surface area contributed by atoms with Crippen molar-refractivity contribution in [2.75, 3.05) is 6.54 Å². The van der Waals surface area contributed by atoms with Gasteiger partial charge in [0, 0.05) is 0 Å². The van der Waals surface area contributed by atoms with Gasteiger partial charge in [-0.25, -0.2) is 8.78 Å². The molecule has 2 rings (SSSR count). The summed E-state index contributed by atoms with van der Waals surface area (Å²) in [6, 6.07) is 11.4. The Labute approximate surface area is 118 Å². The molecular weight excluding hydrogens is 256 g/mol. The first kappa shape index (κ1) is 14.7. The van der Waals surface area contributed by atoms with E-state index in [2.05, 4.69) is 12.2 Å². The van der Waals surface area contributed by atoms with Gasteiger partial charge in [-0.2, -0.15) is 0 Å². The second-order valence-corrected chi connectivity index (χ2v) is 4.95. The zero-order valence-corrected chi connectivity index (χ0v) is 11.8. The normalized spacial score (nSPS) is 12.4. The highest BCUT2D eigenvalue weighted by molar-refractivity contribution is 5.34. The van der Waals surface area contributed by atoms with Gasteiger partial charge in [0.25, 0.3) is 0 Å². The second-order valence-electron chi connectivity index (χ2n) is 4.95. The van der Waals surface area contributed by atoms with E-state index in [-0.39, 0.29) is 17.7 Å². The summed E-state index contributed by atoms with van der Waals surface area (Å²) in [5, 5.41) is 3.39. The molecule has 1 nitrogen and oxygen atoms in total. The van der Waals surface area contributed by atoms with E-state index in [0.717, 1.165) is 24.1 Å². The average Bonchev–Trinajstić information content (AvgIpc) is 2.43. The van der Waals surface area contributed by atoms with Crippen LogP contribution in [0.2, 0.25) is 0 Å². The van der Waals surface area contributed by atoms with Crippen molar-refractivity contribution in [3.05, 3.63) is 70.8 Å². The Hall–Kier alpha value is -1.74. The number of halogens is 2. The third kappa shape index (κ3) is 3.42. The number of hydrogen-bond acceptors (Lipinski definition) is 1. The Bertz CT molecular complexity index is 581. The lowest BCUT2D eigenvalue weighted by Crippen LogP contribution is -2.23. The van der Waals surface area contributed by atoms with Gasteiger partial charge >= 0.3 is 0 Å². The molecule has 0 radical (unpaired) electrons. The van der Waals surface area contributed by atoms with Crippen LogP contribution in [-0.2, 0) is 0 Å². The fraction of sp³-hybridized carbons (Fsp3) is 0.294. The van der Waals surface area contributed by atoms with Gasteiger partial charge in [-0.15, -0.1) is 0 Å². The molecule has 2 aromatic rings. The van der Waals surface area contributed by atoms with Crippen molar-refractivity contribution in [3.63, 3.8) is 0 Å². The van der Waals surface area contributed by atoms with Gasteiger partial charge < -0.3 is 5.32 Å². The van der Waals surface area contributed by atoms with E-state index in [9.17, 15) is 8.78 Å². The van der Waals surface area contributed by atoms with Crippen LogP contribution in [-0.4, -0.2) is 6.54 Å². The van der Waals surface area contributed by atoms with Crippen molar-refractivity contribution in [2.24, 2.45) is 0 Å². The van der Waals surface area contributed by atoms with Crippen LogP contribution in [0.5, 0.6) is 0 Å². The molecule has 106 valence electrons. The van der Waals surface area contributed by atoms with E-state index in [4.69, 9.17) is 0 Å². The van der Waals surface area contributed by atoms with Gasteiger partial charge in [-0.1, -0.05) is 31.2 Å². The van der Waals surface area contributed by atoms with Crippen LogP contribution in [0.3, 0.4) is 0 Å². The van der Waals surface area contributed by atoms with Crippen LogP contribution in [0.1, 0.15) is 36.1 Å². The molecule has 1 unspecified atom stereocenters. The molecule has 3 heteroatoms. The molecule has 2 aromatic carbocycles. The Morgan fingerprint density at radius 2 is 1.80 bits per heavy atom. The molecule has 0 spiro atoms. The highest BCUT2D eigenvalue weighted by Crippen LogP contribution is 2.24. The summed E-state index contributed by atoms with van der Waals surface area (Å²) in [6.07, 6.45) is 0.978. The molecule has 0 aliphatic heterocycles. The molecule has 0 aliphatic rings. The zero-order valence-electron chi connectivity index (χ0n) is 11.8. The maximum absolute atomic E-state index is 13.4. The predicted molar refractivity (Wildman–Crippen MR) is 77.7 cm³/mol. The summed E-state index contributed by atoms with van der Waals surface area (Å²) in [5.41, 5.74) is 2.40. The molecule has 0 fully saturated rings. The third-order valence-corrected chi connectivity index (χ3v) is 3.30. The lowest BCUT2D eigenvalue weighted by Gasteiger charge is -2.20. The summed E-state index contributed by atoms with van der Waals surface area (Å²) in [4.78, 5) is 0. The Morgan fingerprint density at radius 3 is 2.45 bits per heavy atom. The summed E-state index contributed by atoms with van der Waals surface area (Å²) < 4.78 is 26.8. The SMILES string of the molecule is CCCNC(c1cccc(F)c1)c1ccc(F)c(C)c1. The molecule has 1 atom stereocenters. The molecule has 0 saturated carbocycles. The molecular formula is C17H19F2N. The Kier molecular flexibility index (Phi) is 4.85. The van der Waals surface area contributed by atoms with Crippen LogP contribution in [0.25, 0.3) is 0 Å². The molecule has 0 aromatic heterocycles. The van der Waals surface area contributed by atoms with Crippen LogP contribution in [0.4, 0.5) is 8.78 Å². The Balaban J connectivity index is 2.38. The quantitative estimate of drug-likeness (QED) is 0.854. The lowest BCUT2D eigenvalue weighted by molar-refractivity contribution is 0.580. The molecule has 0 heterocycles. The number of nitrogens with one attached hydrogen (secondary N) is 1. The fourth-order valence-electron chi connectivity index (χ4n) is 2.25. The van der Waals surface area contributed by atoms with Crippen molar-refractivity contribution in [1.29, 1.82) is 0 Å². The van der Waals surface area contributed by atoms with Crippen molar-refractivity contribution in [3.8, 4) is 0 Å². The van der Waals surface area contributed by atoms with Crippen molar-refractivity contribution in [2.45, 2.75) is 26.3 Å². The summed E-state index contributed by atoms with van der Waals surface area (Å²) >= 11 is 0. The summed E-state index contributed by atoms with van der Waals surface area (Å²) in [7, 11) is 0. The van der Waals surface area contributed by atoms with Gasteiger partial charge in [0.15, 0.2) is 0 Å². The van der Waals surface area contributed by atoms with E-state index in [1.54, 1.807) is 19.1 Å². The Morgan fingerprint density at radius 1 is 1.05 bits per heavy atom. The van der Waals surface area contributed by atoms with E-state index in [0.29, 0.717) is 5.56 Å². The molecule has 0 bridgehead atoms. The monoisotopic (exact) mass is 275 g/mol. The number of hydrogen-bond donors (Lipinski definition) is 1. The minimum Gasteiger partial charge on any atom is -0.306 e. The predicted octanol–water partition coefficient (Wildman–Crippen LogP) is 4.36. The number of benzene rings is 2. The first-order valence-corrected chi connectivity index (χ1v) is 6.86. The van der Waals surface area contributed by atoms with Crippen LogP contribution < -0.4 is 5.32 Å². The first-order chi connectivity index (χ1) is 9.61. The van der Waals surface area contributed by atoms with Crippen LogP contribution in [0, 0.1) is 18.6 Å². The van der Waals surface area contributed by atoms with Gasteiger partial charge in [0.1, 0.15) is 11.6 Å². The number of rotatable bonds is 5. The highest BCUT2D eigenvalue weighted by atomic mass is 19.1. The van der Waals surface area contributed by atoms with Crippen molar-refractivity contribution < 1.29 is 8.78 Å². The maximum atomic E-state index is 13.4. The number of aryl methyl sites for hydroxylation is 1. The van der Waals surface area contributed by atoms with E-state index in [1.807, 2.05) is 12.1 Å². The smallest absolute Gasteiger partial charge is 0.126 e. The standard InChI is InChI=1S/C17H19F2N/c1-3-9-20-17(13-5-4-6-15(18)11-13)14-7-8-16(19)12(2)10-14/h4-8,10-11,17,20H,3,9H2,1-2H3. The lowest BCUT2D eigenvalue weighted by atomic mass is 9.97. The first-order valence-electron chi connectivity index (χ1n) is 6.86.